The highest BCUT2D eigenvalue weighted by Crippen LogP contribution is 2.26. The lowest BCUT2D eigenvalue weighted by Crippen LogP contribution is -2.44. The lowest BCUT2D eigenvalue weighted by molar-refractivity contribution is -0.125. The van der Waals surface area contributed by atoms with Crippen molar-refractivity contribution < 1.29 is 18.4 Å². The molecule has 0 bridgehead atoms. The fourth-order valence-corrected chi connectivity index (χ4v) is 3.19. The molecule has 0 spiro atoms. The number of rotatable bonds is 5. The van der Waals surface area contributed by atoms with Gasteiger partial charge in [0.25, 0.3) is 5.91 Å². The van der Waals surface area contributed by atoms with E-state index in [0.29, 0.717) is 18.5 Å². The SMILES string of the molecule is Cc1cnc(C(=O)N[C@@H]2CCC[C@@H]2C(=O)NCc2cc(F)ccc2F)cn1. The predicted molar refractivity (Wildman–Crippen MR) is 93.6 cm³/mol. The van der Waals surface area contributed by atoms with Crippen molar-refractivity contribution in [2.75, 3.05) is 0 Å². The lowest BCUT2D eigenvalue weighted by atomic mass is 10.0. The van der Waals surface area contributed by atoms with E-state index in [2.05, 4.69) is 20.6 Å². The number of carbonyl (C=O) groups is 2. The van der Waals surface area contributed by atoms with Crippen molar-refractivity contribution in [2.45, 2.75) is 38.8 Å². The second-order valence-corrected chi connectivity index (χ2v) is 6.61. The minimum Gasteiger partial charge on any atom is -0.352 e. The Morgan fingerprint density at radius 3 is 2.74 bits per heavy atom. The smallest absolute Gasteiger partial charge is 0.271 e. The van der Waals surface area contributed by atoms with Gasteiger partial charge in [-0.05, 0) is 38.0 Å². The van der Waals surface area contributed by atoms with E-state index in [1.165, 1.54) is 12.4 Å². The van der Waals surface area contributed by atoms with Crippen LogP contribution in [0.25, 0.3) is 0 Å². The average Bonchev–Trinajstić information content (AvgIpc) is 3.11. The number of nitrogens with one attached hydrogen (secondary N) is 2. The molecule has 1 saturated carbocycles. The number of hydrogen-bond acceptors (Lipinski definition) is 4. The molecule has 6 nitrogen and oxygen atoms in total. The Labute approximate surface area is 155 Å². The summed E-state index contributed by atoms with van der Waals surface area (Å²) in [6.45, 7) is 1.66. The fourth-order valence-electron chi connectivity index (χ4n) is 3.19. The molecule has 2 N–H and O–H groups in total. The summed E-state index contributed by atoms with van der Waals surface area (Å²) in [5, 5.41) is 5.46. The van der Waals surface area contributed by atoms with Crippen LogP contribution in [0.15, 0.2) is 30.6 Å². The van der Waals surface area contributed by atoms with Gasteiger partial charge in [-0.25, -0.2) is 13.8 Å². The maximum Gasteiger partial charge on any atom is 0.271 e. The summed E-state index contributed by atoms with van der Waals surface area (Å²) in [6, 6.07) is 2.77. The van der Waals surface area contributed by atoms with Crippen LogP contribution in [0.4, 0.5) is 8.78 Å². The summed E-state index contributed by atoms with van der Waals surface area (Å²) in [5.74, 6) is -2.25. The van der Waals surface area contributed by atoms with Crippen LogP contribution in [-0.2, 0) is 11.3 Å². The van der Waals surface area contributed by atoms with Crippen LogP contribution in [0.5, 0.6) is 0 Å². The summed E-state index contributed by atoms with van der Waals surface area (Å²) in [6.07, 6.45) is 4.96. The Kier molecular flexibility index (Phi) is 5.73. The van der Waals surface area contributed by atoms with Gasteiger partial charge in [0.05, 0.1) is 17.8 Å². The number of aromatic nitrogens is 2. The van der Waals surface area contributed by atoms with Gasteiger partial charge in [-0.2, -0.15) is 0 Å². The molecule has 2 atom stereocenters. The van der Waals surface area contributed by atoms with E-state index in [1.54, 1.807) is 6.92 Å². The van der Waals surface area contributed by atoms with Crippen molar-refractivity contribution in [3.05, 3.63) is 59.2 Å². The van der Waals surface area contributed by atoms with Crippen molar-refractivity contribution >= 4 is 11.8 Å². The number of aryl methyl sites for hydroxylation is 1. The molecule has 1 aliphatic rings. The molecule has 0 saturated heterocycles. The molecule has 0 aliphatic heterocycles. The van der Waals surface area contributed by atoms with Crippen molar-refractivity contribution in [3.8, 4) is 0 Å². The van der Waals surface area contributed by atoms with E-state index in [0.717, 1.165) is 24.6 Å². The number of amides is 2. The number of nitrogens with zero attached hydrogens (tertiary/aromatic N) is 2. The van der Waals surface area contributed by atoms with Gasteiger partial charge in [0.15, 0.2) is 0 Å². The molecular formula is C19H20F2N4O2. The van der Waals surface area contributed by atoms with Crippen LogP contribution < -0.4 is 10.6 Å². The molecule has 142 valence electrons. The van der Waals surface area contributed by atoms with Crippen molar-refractivity contribution in [2.24, 2.45) is 5.92 Å². The van der Waals surface area contributed by atoms with Gasteiger partial charge in [-0.1, -0.05) is 6.42 Å². The summed E-state index contributed by atoms with van der Waals surface area (Å²) in [7, 11) is 0. The first-order chi connectivity index (χ1) is 12.9. The zero-order valence-electron chi connectivity index (χ0n) is 14.8. The molecule has 0 unspecified atom stereocenters. The maximum atomic E-state index is 13.7. The van der Waals surface area contributed by atoms with Crippen LogP contribution in [0.1, 0.15) is 41.0 Å². The summed E-state index contributed by atoms with van der Waals surface area (Å²) < 4.78 is 26.9. The van der Waals surface area contributed by atoms with Gasteiger partial charge in [0.1, 0.15) is 17.3 Å². The fraction of sp³-hybridized carbons (Fsp3) is 0.368. The van der Waals surface area contributed by atoms with Crippen LogP contribution in [0.2, 0.25) is 0 Å². The molecule has 1 heterocycles. The topological polar surface area (TPSA) is 84.0 Å². The second-order valence-electron chi connectivity index (χ2n) is 6.61. The second kappa shape index (κ2) is 8.20. The molecule has 1 aromatic heterocycles. The number of benzene rings is 1. The van der Waals surface area contributed by atoms with Crippen LogP contribution >= 0.6 is 0 Å². The van der Waals surface area contributed by atoms with E-state index in [-0.39, 0.29) is 35.7 Å². The van der Waals surface area contributed by atoms with Crippen LogP contribution in [-0.4, -0.2) is 27.8 Å². The van der Waals surface area contributed by atoms with E-state index in [9.17, 15) is 18.4 Å². The molecule has 1 fully saturated rings. The molecule has 3 rings (SSSR count). The molecular weight excluding hydrogens is 354 g/mol. The third-order valence-corrected chi connectivity index (χ3v) is 4.64. The minimum absolute atomic E-state index is 0.0804. The molecule has 1 aliphatic carbocycles. The van der Waals surface area contributed by atoms with Crippen molar-refractivity contribution in [1.82, 2.24) is 20.6 Å². The molecule has 0 radical (unpaired) electrons. The zero-order valence-corrected chi connectivity index (χ0v) is 14.8. The van der Waals surface area contributed by atoms with Gasteiger partial charge in [-0.3, -0.25) is 14.6 Å². The van der Waals surface area contributed by atoms with Crippen molar-refractivity contribution in [3.63, 3.8) is 0 Å². The average molecular weight is 374 g/mol. The number of hydrogen-bond donors (Lipinski definition) is 2. The standard InChI is InChI=1S/C19H20F2N4O2/c1-11-8-23-17(10-22-11)19(27)25-16-4-2-3-14(16)18(26)24-9-12-7-13(20)5-6-15(12)21/h5-8,10,14,16H,2-4,9H2,1H3,(H,24,26)(H,25,27)/t14-,16+/m0/s1. The Balaban J connectivity index is 1.59. The van der Waals surface area contributed by atoms with Gasteiger partial charge >= 0.3 is 0 Å². The van der Waals surface area contributed by atoms with E-state index in [1.807, 2.05) is 0 Å². The van der Waals surface area contributed by atoms with Gasteiger partial charge in [0, 0.05) is 24.3 Å². The van der Waals surface area contributed by atoms with Crippen molar-refractivity contribution in [1.29, 1.82) is 0 Å². The quantitative estimate of drug-likeness (QED) is 0.841. The highest BCUT2D eigenvalue weighted by molar-refractivity contribution is 5.92. The first kappa shape index (κ1) is 18.9. The highest BCUT2D eigenvalue weighted by atomic mass is 19.1. The maximum absolute atomic E-state index is 13.7. The summed E-state index contributed by atoms with van der Waals surface area (Å²) in [4.78, 5) is 32.9. The monoisotopic (exact) mass is 374 g/mol. The molecule has 2 aromatic rings. The number of halogens is 2. The molecule has 2 amide bonds. The summed E-state index contributed by atoms with van der Waals surface area (Å²) in [5.41, 5.74) is 0.972. The van der Waals surface area contributed by atoms with E-state index in [4.69, 9.17) is 0 Å². The van der Waals surface area contributed by atoms with E-state index >= 15 is 0 Å². The first-order valence-electron chi connectivity index (χ1n) is 8.75. The predicted octanol–water partition coefficient (Wildman–Crippen LogP) is 2.28. The summed E-state index contributed by atoms with van der Waals surface area (Å²) >= 11 is 0. The Morgan fingerprint density at radius 1 is 1.19 bits per heavy atom. The van der Waals surface area contributed by atoms with Gasteiger partial charge < -0.3 is 10.6 Å². The Bertz CT molecular complexity index is 842. The van der Waals surface area contributed by atoms with Crippen LogP contribution in [0.3, 0.4) is 0 Å². The highest BCUT2D eigenvalue weighted by Gasteiger charge is 2.34. The van der Waals surface area contributed by atoms with Crippen LogP contribution in [0, 0.1) is 24.5 Å². The molecule has 1 aromatic carbocycles. The normalized spacial score (nSPS) is 18.9. The van der Waals surface area contributed by atoms with Gasteiger partial charge in [0.2, 0.25) is 5.91 Å². The lowest BCUT2D eigenvalue weighted by Gasteiger charge is -2.20. The third-order valence-electron chi connectivity index (χ3n) is 4.64. The molecule has 8 heteroatoms. The van der Waals surface area contributed by atoms with Gasteiger partial charge in [-0.15, -0.1) is 0 Å². The Hall–Kier alpha value is -2.90. The number of carbonyl (C=O) groups excluding carboxylic acids is 2. The molecule has 27 heavy (non-hydrogen) atoms. The van der Waals surface area contributed by atoms with E-state index < -0.39 is 17.6 Å². The Morgan fingerprint density at radius 2 is 2.00 bits per heavy atom. The zero-order chi connectivity index (χ0) is 19.4. The largest absolute Gasteiger partial charge is 0.352 e. The first-order valence-corrected chi connectivity index (χ1v) is 8.75. The third kappa shape index (κ3) is 4.64. The minimum atomic E-state index is -0.578.